The minimum absolute atomic E-state index is 0.815. The first-order valence-corrected chi connectivity index (χ1v) is 6.27. The second-order valence-electron chi connectivity index (χ2n) is 4.19. The molecule has 1 aromatic carbocycles. The highest BCUT2D eigenvalue weighted by Crippen LogP contribution is 2.28. The van der Waals surface area contributed by atoms with E-state index in [9.17, 15) is 0 Å². The molecule has 0 amide bonds. The molecule has 0 aromatic heterocycles. The summed E-state index contributed by atoms with van der Waals surface area (Å²) in [7, 11) is 0. The van der Waals surface area contributed by atoms with Crippen LogP contribution in [0.3, 0.4) is 0 Å². The van der Waals surface area contributed by atoms with Gasteiger partial charge in [-0.1, -0.05) is 22.9 Å². The highest BCUT2D eigenvalue weighted by Gasteiger charge is 2.27. The third-order valence-electron chi connectivity index (χ3n) is 2.84. The number of benzene rings is 1. The van der Waals surface area contributed by atoms with Crippen LogP contribution in [0.5, 0.6) is 0 Å². The van der Waals surface area contributed by atoms with Crippen LogP contribution in [0.4, 0.5) is 5.69 Å². The average molecular weight is 269 g/mol. The zero-order valence-corrected chi connectivity index (χ0v) is 10.6. The molecule has 1 saturated carbocycles. The Morgan fingerprint density at radius 2 is 2.13 bits per heavy atom. The first-order chi connectivity index (χ1) is 7.19. The number of rotatable bonds is 4. The zero-order chi connectivity index (χ0) is 10.8. The molecule has 2 nitrogen and oxygen atoms in total. The zero-order valence-electron chi connectivity index (χ0n) is 9.04. The van der Waals surface area contributed by atoms with E-state index in [1.165, 1.54) is 18.4 Å². The number of halogens is 1. The first kappa shape index (κ1) is 11.0. The molecule has 0 saturated heterocycles. The van der Waals surface area contributed by atoms with Crippen molar-refractivity contribution in [2.75, 3.05) is 12.3 Å². The van der Waals surface area contributed by atoms with Crippen molar-refractivity contribution in [3.8, 4) is 0 Å². The smallest absolute Gasteiger partial charge is 0.0328 e. The maximum absolute atomic E-state index is 5.82. The summed E-state index contributed by atoms with van der Waals surface area (Å²) in [4.78, 5) is 2.52. The van der Waals surface area contributed by atoms with Crippen LogP contribution >= 0.6 is 15.9 Å². The molecule has 1 aliphatic carbocycles. The Morgan fingerprint density at radius 3 is 2.67 bits per heavy atom. The lowest BCUT2D eigenvalue weighted by molar-refractivity contribution is 0.269. The molecule has 1 fully saturated rings. The van der Waals surface area contributed by atoms with Crippen LogP contribution in [0.1, 0.15) is 25.3 Å². The number of hydrogen-bond donors (Lipinski definition) is 1. The van der Waals surface area contributed by atoms with Crippen molar-refractivity contribution in [2.24, 2.45) is 0 Å². The van der Waals surface area contributed by atoms with Crippen molar-refractivity contribution in [3.63, 3.8) is 0 Å². The number of anilines is 1. The fourth-order valence-corrected chi connectivity index (χ4v) is 2.50. The van der Waals surface area contributed by atoms with Gasteiger partial charge < -0.3 is 5.73 Å². The highest BCUT2D eigenvalue weighted by molar-refractivity contribution is 9.10. The summed E-state index contributed by atoms with van der Waals surface area (Å²) < 4.78 is 1.07. The summed E-state index contributed by atoms with van der Waals surface area (Å²) in [6.45, 7) is 4.36. The molecule has 0 heterocycles. The monoisotopic (exact) mass is 268 g/mol. The normalized spacial score (nSPS) is 15.9. The van der Waals surface area contributed by atoms with E-state index in [-0.39, 0.29) is 0 Å². The number of nitrogens with zero attached hydrogens (tertiary/aromatic N) is 1. The molecular weight excluding hydrogens is 252 g/mol. The lowest BCUT2D eigenvalue weighted by Crippen LogP contribution is -2.25. The molecule has 82 valence electrons. The summed E-state index contributed by atoms with van der Waals surface area (Å²) >= 11 is 3.48. The standard InChI is InChI=1S/C12H17BrN2/c1-2-15(12-3-4-12)8-9-5-10(13)7-11(14)6-9/h5-7,12H,2-4,8,14H2,1H3. The van der Waals surface area contributed by atoms with Gasteiger partial charge in [-0.3, -0.25) is 4.90 Å². The second kappa shape index (κ2) is 4.54. The summed E-state index contributed by atoms with van der Waals surface area (Å²) in [6, 6.07) is 6.98. The maximum Gasteiger partial charge on any atom is 0.0328 e. The van der Waals surface area contributed by atoms with Gasteiger partial charge >= 0.3 is 0 Å². The maximum atomic E-state index is 5.82. The molecule has 0 unspecified atom stereocenters. The Labute approximate surface area is 99.6 Å². The average Bonchev–Trinajstić information content (AvgIpc) is 2.95. The van der Waals surface area contributed by atoms with Gasteiger partial charge in [0.1, 0.15) is 0 Å². The van der Waals surface area contributed by atoms with Gasteiger partial charge in [-0.05, 0) is 43.1 Å². The molecular formula is C12H17BrN2. The van der Waals surface area contributed by atoms with Crippen LogP contribution in [0.2, 0.25) is 0 Å². The minimum Gasteiger partial charge on any atom is -0.399 e. The van der Waals surface area contributed by atoms with E-state index in [2.05, 4.69) is 39.9 Å². The number of hydrogen-bond acceptors (Lipinski definition) is 2. The van der Waals surface area contributed by atoms with Crippen LogP contribution in [0, 0.1) is 0 Å². The van der Waals surface area contributed by atoms with Gasteiger partial charge in [-0.25, -0.2) is 0 Å². The number of nitrogen functional groups attached to an aromatic ring is 1. The van der Waals surface area contributed by atoms with E-state index < -0.39 is 0 Å². The van der Waals surface area contributed by atoms with Gasteiger partial charge in [0.2, 0.25) is 0 Å². The van der Waals surface area contributed by atoms with Crippen LogP contribution in [-0.2, 0) is 6.54 Å². The third kappa shape index (κ3) is 2.95. The van der Waals surface area contributed by atoms with Crippen molar-refractivity contribution in [2.45, 2.75) is 32.4 Å². The summed E-state index contributed by atoms with van der Waals surface area (Å²) in [5.74, 6) is 0. The van der Waals surface area contributed by atoms with E-state index >= 15 is 0 Å². The van der Waals surface area contributed by atoms with E-state index in [0.29, 0.717) is 0 Å². The van der Waals surface area contributed by atoms with Crippen LogP contribution < -0.4 is 5.73 Å². The molecule has 0 spiro atoms. The lowest BCUT2D eigenvalue weighted by atomic mass is 10.2. The van der Waals surface area contributed by atoms with Crippen LogP contribution in [0.25, 0.3) is 0 Å². The SMILES string of the molecule is CCN(Cc1cc(N)cc(Br)c1)C1CC1. The second-order valence-corrected chi connectivity index (χ2v) is 5.10. The Bertz CT molecular complexity index is 327. The fourth-order valence-electron chi connectivity index (χ4n) is 1.94. The van der Waals surface area contributed by atoms with Gasteiger partial charge in [-0.2, -0.15) is 0 Å². The van der Waals surface area contributed by atoms with Crippen molar-refractivity contribution in [3.05, 3.63) is 28.2 Å². The summed E-state index contributed by atoms with van der Waals surface area (Å²) in [5, 5.41) is 0. The van der Waals surface area contributed by atoms with Crippen molar-refractivity contribution < 1.29 is 0 Å². The Balaban J connectivity index is 2.08. The molecule has 2 rings (SSSR count). The lowest BCUT2D eigenvalue weighted by Gasteiger charge is -2.20. The predicted octanol–water partition coefficient (Wildman–Crippen LogP) is 3.02. The first-order valence-electron chi connectivity index (χ1n) is 5.48. The molecule has 1 aliphatic rings. The molecule has 1 aromatic rings. The molecule has 3 heteroatoms. The van der Waals surface area contributed by atoms with E-state index in [0.717, 1.165) is 29.3 Å². The molecule has 0 atom stereocenters. The van der Waals surface area contributed by atoms with Crippen molar-refractivity contribution in [1.82, 2.24) is 4.90 Å². The quantitative estimate of drug-likeness (QED) is 0.851. The topological polar surface area (TPSA) is 29.3 Å². The predicted molar refractivity (Wildman–Crippen MR) is 67.7 cm³/mol. The minimum atomic E-state index is 0.815. The summed E-state index contributed by atoms with van der Waals surface area (Å²) in [5.41, 5.74) is 7.96. The molecule has 0 aliphatic heterocycles. The molecule has 0 radical (unpaired) electrons. The fraction of sp³-hybridized carbons (Fsp3) is 0.500. The van der Waals surface area contributed by atoms with Crippen molar-refractivity contribution >= 4 is 21.6 Å². The van der Waals surface area contributed by atoms with Gasteiger partial charge in [0.05, 0.1) is 0 Å². The third-order valence-corrected chi connectivity index (χ3v) is 3.29. The van der Waals surface area contributed by atoms with E-state index in [1.807, 2.05) is 6.07 Å². The number of nitrogens with two attached hydrogens (primary N) is 1. The van der Waals surface area contributed by atoms with Gasteiger partial charge in [-0.15, -0.1) is 0 Å². The van der Waals surface area contributed by atoms with E-state index in [4.69, 9.17) is 5.73 Å². The Hall–Kier alpha value is -0.540. The Morgan fingerprint density at radius 1 is 1.40 bits per heavy atom. The van der Waals surface area contributed by atoms with Gasteiger partial charge in [0.25, 0.3) is 0 Å². The van der Waals surface area contributed by atoms with Crippen LogP contribution in [0.15, 0.2) is 22.7 Å². The molecule has 15 heavy (non-hydrogen) atoms. The molecule has 0 bridgehead atoms. The van der Waals surface area contributed by atoms with Crippen LogP contribution in [-0.4, -0.2) is 17.5 Å². The van der Waals surface area contributed by atoms with E-state index in [1.54, 1.807) is 0 Å². The molecule has 2 N–H and O–H groups in total. The Kier molecular flexibility index (Phi) is 3.32. The van der Waals surface area contributed by atoms with Gasteiger partial charge in [0, 0.05) is 22.7 Å². The van der Waals surface area contributed by atoms with Gasteiger partial charge in [0.15, 0.2) is 0 Å². The highest BCUT2D eigenvalue weighted by atomic mass is 79.9. The summed E-state index contributed by atoms with van der Waals surface area (Å²) in [6.07, 6.45) is 2.72. The largest absolute Gasteiger partial charge is 0.399 e. The van der Waals surface area contributed by atoms with Crippen molar-refractivity contribution in [1.29, 1.82) is 0 Å².